The molecule has 0 unspecified atom stereocenters. The third-order valence-electron chi connectivity index (χ3n) is 3.00. The van der Waals surface area contributed by atoms with Crippen LogP contribution in [0.2, 0.25) is 0 Å². The van der Waals surface area contributed by atoms with Crippen LogP contribution in [-0.4, -0.2) is 4.83 Å². The molecule has 0 radical (unpaired) electrons. The van der Waals surface area contributed by atoms with Gasteiger partial charge < -0.3 is 0 Å². The van der Waals surface area contributed by atoms with Crippen LogP contribution in [0.3, 0.4) is 0 Å². The number of halogens is 2. The number of hydrogen-bond acceptors (Lipinski definition) is 0. The highest BCUT2D eigenvalue weighted by Crippen LogP contribution is 2.44. The molecule has 0 amide bonds. The van der Waals surface area contributed by atoms with Crippen LogP contribution in [0.5, 0.6) is 0 Å². The van der Waals surface area contributed by atoms with Crippen molar-refractivity contribution < 1.29 is 4.39 Å². The van der Waals surface area contributed by atoms with Crippen molar-refractivity contribution in [1.29, 1.82) is 0 Å². The molecule has 0 aromatic heterocycles. The summed E-state index contributed by atoms with van der Waals surface area (Å²) in [6.45, 7) is 0. The maximum absolute atomic E-state index is 14.7. The first-order chi connectivity index (χ1) is 6.73. The minimum Gasteiger partial charge on any atom is -0.237 e. The summed E-state index contributed by atoms with van der Waals surface area (Å²) in [5.74, 6) is 0. The van der Waals surface area contributed by atoms with E-state index >= 15 is 0 Å². The van der Waals surface area contributed by atoms with Gasteiger partial charge in [0.15, 0.2) is 0 Å². The Morgan fingerprint density at radius 2 is 1.93 bits per heavy atom. The van der Waals surface area contributed by atoms with E-state index in [1.54, 1.807) is 0 Å². The second kappa shape index (κ2) is 4.01. The molecule has 1 aliphatic carbocycles. The molecule has 1 aromatic carbocycles. The van der Waals surface area contributed by atoms with Gasteiger partial charge in [-0.3, -0.25) is 0 Å². The van der Waals surface area contributed by atoms with Gasteiger partial charge in [-0.05, 0) is 24.8 Å². The molecular formula is C12H14BrF. The van der Waals surface area contributed by atoms with Gasteiger partial charge in [-0.1, -0.05) is 52.7 Å². The molecule has 0 heterocycles. The number of alkyl halides is 2. The zero-order valence-corrected chi connectivity index (χ0v) is 9.63. The lowest BCUT2D eigenvalue weighted by atomic mass is 9.81. The Labute approximate surface area is 92.6 Å². The highest BCUT2D eigenvalue weighted by molar-refractivity contribution is 9.09. The van der Waals surface area contributed by atoms with E-state index in [1.165, 1.54) is 0 Å². The highest BCUT2D eigenvalue weighted by atomic mass is 79.9. The standard InChI is InChI=1S/C12H14BrF/c13-11-8-4-5-9-12(11,14)10-6-2-1-3-7-10/h1-3,6-7,11H,4-5,8-9H2/t11-,12+/m1/s1. The van der Waals surface area contributed by atoms with Crippen LogP contribution < -0.4 is 0 Å². The first-order valence-corrected chi connectivity index (χ1v) is 6.03. The minimum atomic E-state index is -1.15. The largest absolute Gasteiger partial charge is 0.237 e. The van der Waals surface area contributed by atoms with E-state index in [4.69, 9.17) is 0 Å². The fraction of sp³-hybridized carbons (Fsp3) is 0.500. The van der Waals surface area contributed by atoms with E-state index < -0.39 is 5.67 Å². The van der Waals surface area contributed by atoms with Gasteiger partial charge in [-0.25, -0.2) is 4.39 Å². The summed E-state index contributed by atoms with van der Waals surface area (Å²) < 4.78 is 14.7. The Morgan fingerprint density at radius 1 is 1.21 bits per heavy atom. The van der Waals surface area contributed by atoms with Gasteiger partial charge in [0.05, 0.1) is 4.83 Å². The van der Waals surface area contributed by atoms with E-state index in [9.17, 15) is 4.39 Å². The average molecular weight is 257 g/mol. The summed E-state index contributed by atoms with van der Waals surface area (Å²) in [7, 11) is 0. The van der Waals surface area contributed by atoms with Crippen LogP contribution in [-0.2, 0) is 5.67 Å². The van der Waals surface area contributed by atoms with Gasteiger partial charge in [0, 0.05) is 0 Å². The lowest BCUT2D eigenvalue weighted by molar-refractivity contribution is 0.117. The number of rotatable bonds is 1. The quantitative estimate of drug-likeness (QED) is 0.662. The van der Waals surface area contributed by atoms with Crippen LogP contribution >= 0.6 is 15.9 Å². The smallest absolute Gasteiger partial charge is 0.148 e. The second-order valence-electron chi connectivity index (χ2n) is 3.94. The van der Waals surface area contributed by atoms with E-state index in [2.05, 4.69) is 15.9 Å². The Balaban J connectivity index is 2.30. The third-order valence-corrected chi connectivity index (χ3v) is 4.18. The van der Waals surface area contributed by atoms with Crippen LogP contribution in [0.15, 0.2) is 30.3 Å². The summed E-state index contributed by atoms with van der Waals surface area (Å²) in [5.41, 5.74) is -0.332. The maximum Gasteiger partial charge on any atom is 0.148 e. The average Bonchev–Trinajstić information content (AvgIpc) is 2.24. The van der Waals surface area contributed by atoms with Crippen molar-refractivity contribution in [2.24, 2.45) is 0 Å². The van der Waals surface area contributed by atoms with Crippen molar-refractivity contribution in [3.63, 3.8) is 0 Å². The van der Waals surface area contributed by atoms with Gasteiger partial charge >= 0.3 is 0 Å². The number of benzene rings is 1. The zero-order chi connectivity index (χ0) is 10.0. The molecule has 76 valence electrons. The van der Waals surface area contributed by atoms with Crippen LogP contribution in [0.1, 0.15) is 31.2 Å². The molecule has 14 heavy (non-hydrogen) atoms. The predicted octanol–water partition coefficient (Wildman–Crippen LogP) is 4.19. The Morgan fingerprint density at radius 3 is 2.57 bits per heavy atom. The zero-order valence-electron chi connectivity index (χ0n) is 8.05. The van der Waals surface area contributed by atoms with E-state index in [0.717, 1.165) is 24.8 Å². The molecule has 1 fully saturated rings. The normalized spacial score (nSPS) is 32.9. The van der Waals surface area contributed by atoms with Gasteiger partial charge in [-0.15, -0.1) is 0 Å². The fourth-order valence-corrected chi connectivity index (χ4v) is 2.95. The van der Waals surface area contributed by atoms with Crippen molar-refractivity contribution in [3.8, 4) is 0 Å². The summed E-state index contributed by atoms with van der Waals surface area (Å²) in [4.78, 5) is -0.0221. The van der Waals surface area contributed by atoms with Crippen molar-refractivity contribution >= 4 is 15.9 Å². The van der Waals surface area contributed by atoms with Gasteiger partial charge in [0.1, 0.15) is 5.67 Å². The third kappa shape index (κ3) is 1.72. The summed E-state index contributed by atoms with van der Waals surface area (Å²) in [5, 5.41) is 0. The molecule has 1 aromatic rings. The second-order valence-corrected chi connectivity index (χ2v) is 5.05. The molecule has 1 saturated carbocycles. The molecular weight excluding hydrogens is 243 g/mol. The molecule has 0 bridgehead atoms. The van der Waals surface area contributed by atoms with E-state index in [0.29, 0.717) is 6.42 Å². The summed E-state index contributed by atoms with van der Waals surface area (Å²) >= 11 is 3.47. The first-order valence-electron chi connectivity index (χ1n) is 5.12. The van der Waals surface area contributed by atoms with Gasteiger partial charge in [-0.2, -0.15) is 0 Å². The lowest BCUT2D eigenvalue weighted by Gasteiger charge is -2.34. The Hall–Kier alpha value is -0.370. The monoisotopic (exact) mass is 256 g/mol. The van der Waals surface area contributed by atoms with Crippen LogP contribution in [0, 0.1) is 0 Å². The highest BCUT2D eigenvalue weighted by Gasteiger charge is 2.40. The van der Waals surface area contributed by atoms with Crippen LogP contribution in [0.25, 0.3) is 0 Å². The molecule has 2 rings (SSSR count). The molecule has 0 N–H and O–H groups in total. The van der Waals surface area contributed by atoms with Crippen molar-refractivity contribution in [3.05, 3.63) is 35.9 Å². The topological polar surface area (TPSA) is 0 Å². The minimum absolute atomic E-state index is 0.0221. The Kier molecular flexibility index (Phi) is 2.91. The lowest BCUT2D eigenvalue weighted by Crippen LogP contribution is -2.34. The SMILES string of the molecule is F[C@]1(c2ccccc2)CCCC[C@H]1Br. The molecule has 1 aliphatic rings. The fourth-order valence-electron chi connectivity index (χ4n) is 2.13. The van der Waals surface area contributed by atoms with Crippen molar-refractivity contribution in [2.75, 3.05) is 0 Å². The molecule has 0 aliphatic heterocycles. The molecule has 0 spiro atoms. The van der Waals surface area contributed by atoms with E-state index in [-0.39, 0.29) is 4.83 Å². The molecule has 2 heteroatoms. The van der Waals surface area contributed by atoms with E-state index in [1.807, 2.05) is 30.3 Å². The summed E-state index contributed by atoms with van der Waals surface area (Å²) in [6.07, 6.45) is 3.71. The van der Waals surface area contributed by atoms with Gasteiger partial charge in [0.25, 0.3) is 0 Å². The first kappa shape index (κ1) is 10.2. The maximum atomic E-state index is 14.7. The molecule has 2 atom stereocenters. The van der Waals surface area contributed by atoms with Crippen molar-refractivity contribution in [1.82, 2.24) is 0 Å². The van der Waals surface area contributed by atoms with Crippen LogP contribution in [0.4, 0.5) is 4.39 Å². The summed E-state index contributed by atoms with van der Waals surface area (Å²) in [6, 6.07) is 9.52. The number of hydrogen-bond donors (Lipinski definition) is 0. The Bertz CT molecular complexity index is 298. The van der Waals surface area contributed by atoms with Gasteiger partial charge in [0.2, 0.25) is 0 Å². The molecule has 0 saturated heterocycles. The molecule has 0 nitrogen and oxygen atoms in total. The van der Waals surface area contributed by atoms with Crippen molar-refractivity contribution in [2.45, 2.75) is 36.2 Å². The predicted molar refractivity (Wildman–Crippen MR) is 60.4 cm³/mol.